The number of nitrogens with zero attached hydrogens (tertiary/aromatic N) is 3. The average molecular weight is 249 g/mol. The highest BCUT2D eigenvalue weighted by Crippen LogP contribution is 2.16. The van der Waals surface area contributed by atoms with Crippen LogP contribution < -0.4 is 0 Å². The number of hydrogen-bond donors (Lipinski definition) is 0. The molecule has 0 unspecified atom stereocenters. The summed E-state index contributed by atoms with van der Waals surface area (Å²) in [5, 5.41) is 0. The Hall–Kier alpha value is -1.32. The molecular weight excluding hydrogens is 226 g/mol. The molecule has 0 N–H and O–H groups in total. The fourth-order valence-electron chi connectivity index (χ4n) is 2.65. The summed E-state index contributed by atoms with van der Waals surface area (Å²) in [5.74, 6) is 1.14. The molecule has 0 spiro atoms. The molecular formula is C14H23N3O. The second-order valence-electron chi connectivity index (χ2n) is 5.15. The van der Waals surface area contributed by atoms with E-state index in [1.165, 1.54) is 19.3 Å². The van der Waals surface area contributed by atoms with Crippen LogP contribution >= 0.6 is 0 Å². The van der Waals surface area contributed by atoms with Crippen LogP contribution in [0.15, 0.2) is 12.4 Å². The van der Waals surface area contributed by atoms with E-state index in [1.807, 2.05) is 29.5 Å². The van der Waals surface area contributed by atoms with Crippen LogP contribution in [0.1, 0.15) is 50.9 Å². The van der Waals surface area contributed by atoms with Gasteiger partial charge in [-0.25, -0.2) is 4.98 Å². The maximum atomic E-state index is 12.5. The summed E-state index contributed by atoms with van der Waals surface area (Å²) in [7, 11) is 0. The van der Waals surface area contributed by atoms with Crippen LogP contribution in [0.25, 0.3) is 0 Å². The SMILES string of the molecule is Cc1nccn1[C@H](C)C(=O)N1CCCCCCC1. The lowest BCUT2D eigenvalue weighted by Crippen LogP contribution is -2.38. The van der Waals surface area contributed by atoms with Crippen LogP contribution in [0, 0.1) is 6.92 Å². The highest BCUT2D eigenvalue weighted by Gasteiger charge is 2.22. The Bertz CT molecular complexity index is 391. The van der Waals surface area contributed by atoms with Gasteiger partial charge in [-0.2, -0.15) is 0 Å². The molecule has 4 nitrogen and oxygen atoms in total. The summed E-state index contributed by atoms with van der Waals surface area (Å²) in [5.41, 5.74) is 0. The van der Waals surface area contributed by atoms with Crippen molar-refractivity contribution < 1.29 is 4.79 Å². The van der Waals surface area contributed by atoms with Gasteiger partial charge < -0.3 is 9.47 Å². The summed E-state index contributed by atoms with van der Waals surface area (Å²) in [4.78, 5) is 18.7. The Labute approximate surface area is 109 Å². The molecule has 1 aromatic rings. The molecule has 0 aliphatic carbocycles. The second-order valence-corrected chi connectivity index (χ2v) is 5.15. The van der Waals surface area contributed by atoms with Crippen LogP contribution in [-0.2, 0) is 4.79 Å². The van der Waals surface area contributed by atoms with E-state index in [0.29, 0.717) is 0 Å². The van der Waals surface area contributed by atoms with Crippen LogP contribution in [0.3, 0.4) is 0 Å². The molecule has 1 aliphatic rings. The first kappa shape index (κ1) is 13.1. The molecule has 1 aromatic heterocycles. The lowest BCUT2D eigenvalue weighted by atomic mass is 10.1. The Kier molecular flexibility index (Phi) is 4.39. The molecule has 1 amide bonds. The summed E-state index contributed by atoms with van der Waals surface area (Å²) in [6.07, 6.45) is 9.75. The van der Waals surface area contributed by atoms with Gasteiger partial charge in [-0.3, -0.25) is 4.79 Å². The molecule has 1 atom stereocenters. The van der Waals surface area contributed by atoms with Crippen molar-refractivity contribution in [2.24, 2.45) is 0 Å². The van der Waals surface area contributed by atoms with Crippen molar-refractivity contribution >= 4 is 5.91 Å². The van der Waals surface area contributed by atoms with Gasteiger partial charge in [-0.15, -0.1) is 0 Å². The third kappa shape index (κ3) is 2.92. The van der Waals surface area contributed by atoms with Gasteiger partial charge in [0.1, 0.15) is 11.9 Å². The van der Waals surface area contributed by atoms with E-state index in [4.69, 9.17) is 0 Å². The van der Waals surface area contributed by atoms with Gasteiger partial charge in [0.25, 0.3) is 0 Å². The molecule has 18 heavy (non-hydrogen) atoms. The number of carbonyl (C=O) groups is 1. The highest BCUT2D eigenvalue weighted by molar-refractivity contribution is 5.80. The number of carbonyl (C=O) groups excluding carboxylic acids is 1. The predicted octanol–water partition coefficient (Wildman–Crippen LogP) is 2.55. The quantitative estimate of drug-likeness (QED) is 0.808. The van der Waals surface area contributed by atoms with Gasteiger partial charge in [-0.05, 0) is 26.7 Å². The van der Waals surface area contributed by atoms with Crippen molar-refractivity contribution in [3.8, 4) is 0 Å². The van der Waals surface area contributed by atoms with E-state index in [-0.39, 0.29) is 11.9 Å². The number of likely N-dealkylation sites (tertiary alicyclic amines) is 1. The van der Waals surface area contributed by atoms with Crippen LogP contribution in [0.4, 0.5) is 0 Å². The minimum absolute atomic E-state index is 0.132. The van der Waals surface area contributed by atoms with E-state index in [1.54, 1.807) is 6.20 Å². The van der Waals surface area contributed by atoms with E-state index in [2.05, 4.69) is 4.98 Å². The fourth-order valence-corrected chi connectivity index (χ4v) is 2.65. The molecule has 0 radical (unpaired) electrons. The van der Waals surface area contributed by atoms with Crippen LogP contribution in [0.2, 0.25) is 0 Å². The normalized spacial score (nSPS) is 19.1. The molecule has 0 bridgehead atoms. The third-order valence-corrected chi connectivity index (χ3v) is 3.80. The molecule has 0 aromatic carbocycles. The van der Waals surface area contributed by atoms with Gasteiger partial charge >= 0.3 is 0 Å². The second kappa shape index (κ2) is 6.03. The minimum Gasteiger partial charge on any atom is -0.341 e. The Morgan fingerprint density at radius 1 is 1.22 bits per heavy atom. The lowest BCUT2D eigenvalue weighted by molar-refractivity contribution is -0.134. The molecule has 1 fully saturated rings. The average Bonchev–Trinajstić information content (AvgIpc) is 2.73. The van der Waals surface area contributed by atoms with Crippen LogP contribution in [0.5, 0.6) is 0 Å². The molecule has 2 heterocycles. The molecule has 4 heteroatoms. The standard InChI is InChI=1S/C14H23N3O/c1-12(17-11-8-15-13(17)2)14(18)16-9-6-4-3-5-7-10-16/h8,11-12H,3-7,9-10H2,1-2H3/t12-/m1/s1. The minimum atomic E-state index is -0.132. The molecule has 1 aliphatic heterocycles. The monoisotopic (exact) mass is 249 g/mol. The zero-order valence-electron chi connectivity index (χ0n) is 11.4. The third-order valence-electron chi connectivity index (χ3n) is 3.80. The Morgan fingerprint density at radius 3 is 2.39 bits per heavy atom. The van der Waals surface area contributed by atoms with E-state index in [0.717, 1.165) is 31.8 Å². The van der Waals surface area contributed by atoms with Gasteiger partial charge in [-0.1, -0.05) is 19.3 Å². The van der Waals surface area contributed by atoms with E-state index in [9.17, 15) is 4.79 Å². The van der Waals surface area contributed by atoms with Crippen molar-refractivity contribution in [1.29, 1.82) is 0 Å². The number of hydrogen-bond acceptors (Lipinski definition) is 2. The van der Waals surface area contributed by atoms with E-state index >= 15 is 0 Å². The zero-order chi connectivity index (χ0) is 13.0. The zero-order valence-corrected chi connectivity index (χ0v) is 11.4. The van der Waals surface area contributed by atoms with Gasteiger partial charge in [0.2, 0.25) is 5.91 Å². The summed E-state index contributed by atoms with van der Waals surface area (Å²) in [6.45, 7) is 5.74. The summed E-state index contributed by atoms with van der Waals surface area (Å²) < 4.78 is 1.96. The maximum Gasteiger partial charge on any atom is 0.245 e. The van der Waals surface area contributed by atoms with Crippen LogP contribution in [-0.4, -0.2) is 33.4 Å². The van der Waals surface area contributed by atoms with Crippen molar-refractivity contribution in [1.82, 2.24) is 14.5 Å². The van der Waals surface area contributed by atoms with E-state index < -0.39 is 0 Å². The van der Waals surface area contributed by atoms with Crippen molar-refractivity contribution in [2.45, 2.75) is 52.0 Å². The number of aromatic nitrogens is 2. The highest BCUT2D eigenvalue weighted by atomic mass is 16.2. The smallest absolute Gasteiger partial charge is 0.245 e. The number of imidazole rings is 1. The Morgan fingerprint density at radius 2 is 1.83 bits per heavy atom. The van der Waals surface area contributed by atoms with Crippen molar-refractivity contribution in [2.75, 3.05) is 13.1 Å². The van der Waals surface area contributed by atoms with Gasteiger partial charge in [0, 0.05) is 25.5 Å². The number of amides is 1. The number of rotatable bonds is 2. The first-order valence-electron chi connectivity index (χ1n) is 6.98. The molecule has 1 saturated heterocycles. The molecule has 0 saturated carbocycles. The topological polar surface area (TPSA) is 38.1 Å². The van der Waals surface area contributed by atoms with Gasteiger partial charge in [0.15, 0.2) is 0 Å². The lowest BCUT2D eigenvalue weighted by Gasteiger charge is -2.28. The number of aryl methyl sites for hydroxylation is 1. The predicted molar refractivity (Wildman–Crippen MR) is 71.3 cm³/mol. The van der Waals surface area contributed by atoms with Crippen molar-refractivity contribution in [3.63, 3.8) is 0 Å². The maximum absolute atomic E-state index is 12.5. The summed E-state index contributed by atoms with van der Waals surface area (Å²) >= 11 is 0. The summed E-state index contributed by atoms with van der Waals surface area (Å²) in [6, 6.07) is -0.132. The first-order valence-corrected chi connectivity index (χ1v) is 6.98. The largest absolute Gasteiger partial charge is 0.341 e. The first-order chi connectivity index (χ1) is 8.70. The molecule has 2 rings (SSSR count). The Balaban J connectivity index is 2.03. The van der Waals surface area contributed by atoms with Crippen molar-refractivity contribution in [3.05, 3.63) is 18.2 Å². The molecule has 100 valence electrons. The van der Waals surface area contributed by atoms with Gasteiger partial charge in [0.05, 0.1) is 0 Å². The fraction of sp³-hybridized carbons (Fsp3) is 0.714.